The monoisotopic (exact) mass is 309 g/mol. The first-order valence-electron chi connectivity index (χ1n) is 6.44. The summed E-state index contributed by atoms with van der Waals surface area (Å²) in [5.74, 6) is 1.22. The zero-order chi connectivity index (χ0) is 12.5. The molecule has 0 spiro atoms. The molecule has 1 N–H and O–H groups in total. The molecule has 4 heteroatoms. The molecule has 96 valence electrons. The van der Waals surface area contributed by atoms with E-state index in [0.29, 0.717) is 6.42 Å². The second-order valence-corrected chi connectivity index (χ2v) is 5.86. The van der Waals surface area contributed by atoms with Crippen molar-refractivity contribution in [3.8, 4) is 5.75 Å². The highest BCUT2D eigenvalue weighted by molar-refractivity contribution is 9.10. The number of Topliss-reactive ketones (excluding diaryl/α,β-unsaturated/α-hetero) is 1. The molecule has 1 fully saturated rings. The van der Waals surface area contributed by atoms with Gasteiger partial charge in [0.05, 0.1) is 12.6 Å². The Kier molecular flexibility index (Phi) is 3.39. The Bertz CT molecular complexity index is 481. The van der Waals surface area contributed by atoms with Crippen LogP contribution in [0.5, 0.6) is 5.75 Å². The molecule has 1 unspecified atom stereocenters. The number of rotatable bonds is 3. The lowest BCUT2D eigenvalue weighted by Crippen LogP contribution is -2.31. The van der Waals surface area contributed by atoms with Gasteiger partial charge in [-0.25, -0.2) is 0 Å². The number of halogens is 1. The predicted octanol–water partition coefficient (Wildman–Crippen LogP) is 2.25. The highest BCUT2D eigenvalue weighted by atomic mass is 79.9. The topological polar surface area (TPSA) is 38.3 Å². The van der Waals surface area contributed by atoms with Crippen LogP contribution in [0, 0.1) is 0 Å². The van der Waals surface area contributed by atoms with Crippen LogP contribution in [0.15, 0.2) is 16.6 Å². The van der Waals surface area contributed by atoms with Crippen LogP contribution in [-0.4, -0.2) is 25.0 Å². The minimum Gasteiger partial charge on any atom is -0.493 e. The zero-order valence-corrected chi connectivity index (χ0v) is 11.8. The number of hydrogen-bond donors (Lipinski definition) is 1. The van der Waals surface area contributed by atoms with E-state index in [1.165, 1.54) is 5.56 Å². The predicted molar refractivity (Wildman–Crippen MR) is 73.1 cm³/mol. The molecule has 18 heavy (non-hydrogen) atoms. The number of carbonyl (C=O) groups excluding carboxylic acids is 1. The Hall–Kier alpha value is -0.870. The van der Waals surface area contributed by atoms with E-state index in [0.717, 1.165) is 48.2 Å². The number of nitrogens with one attached hydrogen (secondary N) is 1. The summed E-state index contributed by atoms with van der Waals surface area (Å²) in [5, 5.41) is 3.26. The molecular weight excluding hydrogens is 294 g/mol. The van der Waals surface area contributed by atoms with E-state index < -0.39 is 0 Å². The van der Waals surface area contributed by atoms with Gasteiger partial charge in [0.25, 0.3) is 0 Å². The summed E-state index contributed by atoms with van der Waals surface area (Å²) >= 11 is 3.51. The van der Waals surface area contributed by atoms with Crippen LogP contribution in [0.2, 0.25) is 0 Å². The molecule has 0 saturated carbocycles. The smallest absolute Gasteiger partial charge is 0.154 e. The van der Waals surface area contributed by atoms with Gasteiger partial charge in [-0.2, -0.15) is 0 Å². The number of ether oxygens (including phenoxy) is 1. The summed E-state index contributed by atoms with van der Waals surface area (Å²) in [6.07, 6.45) is 3.48. The quantitative estimate of drug-likeness (QED) is 0.930. The van der Waals surface area contributed by atoms with Crippen molar-refractivity contribution in [2.75, 3.05) is 13.2 Å². The molecular formula is C14H16BrNO2. The molecule has 0 aromatic heterocycles. The average Bonchev–Trinajstić information content (AvgIpc) is 2.98. The normalized spacial score (nSPS) is 21.7. The summed E-state index contributed by atoms with van der Waals surface area (Å²) in [6.45, 7) is 1.69. The van der Waals surface area contributed by atoms with Crippen LogP contribution >= 0.6 is 15.9 Å². The van der Waals surface area contributed by atoms with Gasteiger partial charge in [-0.1, -0.05) is 15.9 Å². The van der Waals surface area contributed by atoms with Crippen LogP contribution in [0.3, 0.4) is 0 Å². The minimum atomic E-state index is 0.0426. The SMILES string of the molecule is O=C(Cc1cc(Br)cc2c1OCC2)C1CCCN1. The fourth-order valence-corrected chi connectivity index (χ4v) is 3.30. The maximum atomic E-state index is 12.2. The fourth-order valence-electron chi connectivity index (χ4n) is 2.75. The van der Waals surface area contributed by atoms with Crippen molar-refractivity contribution in [3.05, 3.63) is 27.7 Å². The largest absolute Gasteiger partial charge is 0.493 e. The van der Waals surface area contributed by atoms with Crippen LogP contribution in [0.1, 0.15) is 24.0 Å². The Labute approximate surface area is 115 Å². The van der Waals surface area contributed by atoms with E-state index in [1.54, 1.807) is 0 Å². The highest BCUT2D eigenvalue weighted by Gasteiger charge is 2.25. The van der Waals surface area contributed by atoms with E-state index in [-0.39, 0.29) is 11.8 Å². The van der Waals surface area contributed by atoms with Crippen molar-refractivity contribution >= 4 is 21.7 Å². The molecule has 2 heterocycles. The molecule has 2 aliphatic rings. The van der Waals surface area contributed by atoms with Gasteiger partial charge in [0.15, 0.2) is 5.78 Å². The second-order valence-electron chi connectivity index (χ2n) is 4.94. The molecule has 3 nitrogen and oxygen atoms in total. The summed E-state index contributed by atoms with van der Waals surface area (Å²) in [5.41, 5.74) is 2.24. The maximum Gasteiger partial charge on any atom is 0.154 e. The third-order valence-electron chi connectivity index (χ3n) is 3.64. The molecule has 3 rings (SSSR count). The average molecular weight is 310 g/mol. The van der Waals surface area contributed by atoms with Gasteiger partial charge in [0.2, 0.25) is 0 Å². The van der Waals surface area contributed by atoms with Crippen molar-refractivity contribution in [1.82, 2.24) is 5.32 Å². The van der Waals surface area contributed by atoms with Crippen LogP contribution in [-0.2, 0) is 17.6 Å². The molecule has 0 bridgehead atoms. The van der Waals surface area contributed by atoms with Crippen LogP contribution in [0.4, 0.5) is 0 Å². The summed E-state index contributed by atoms with van der Waals surface area (Å²) in [7, 11) is 0. The first kappa shape index (κ1) is 12.2. The third kappa shape index (κ3) is 2.31. The summed E-state index contributed by atoms with van der Waals surface area (Å²) in [4.78, 5) is 12.2. The number of ketones is 1. The lowest BCUT2D eigenvalue weighted by atomic mass is 10.00. The van der Waals surface area contributed by atoms with E-state index >= 15 is 0 Å². The molecule has 1 saturated heterocycles. The summed E-state index contributed by atoms with van der Waals surface area (Å²) < 4.78 is 6.69. The molecule has 1 aromatic carbocycles. The molecule has 0 amide bonds. The maximum absolute atomic E-state index is 12.2. The standard InChI is InChI=1S/C14H16BrNO2/c15-11-6-9-3-5-18-14(9)10(7-11)8-13(17)12-2-1-4-16-12/h6-7,12,16H,1-5,8H2. The van der Waals surface area contributed by atoms with Gasteiger partial charge in [0.1, 0.15) is 5.75 Å². The molecule has 0 radical (unpaired) electrons. The lowest BCUT2D eigenvalue weighted by molar-refractivity contribution is -0.120. The first-order chi connectivity index (χ1) is 8.74. The highest BCUT2D eigenvalue weighted by Crippen LogP contribution is 2.33. The minimum absolute atomic E-state index is 0.0426. The number of benzene rings is 1. The lowest BCUT2D eigenvalue weighted by Gasteiger charge is -2.12. The Morgan fingerprint density at radius 2 is 2.39 bits per heavy atom. The zero-order valence-electron chi connectivity index (χ0n) is 10.2. The van der Waals surface area contributed by atoms with Crippen LogP contribution < -0.4 is 10.1 Å². The van der Waals surface area contributed by atoms with Crippen molar-refractivity contribution in [3.63, 3.8) is 0 Å². The van der Waals surface area contributed by atoms with E-state index in [4.69, 9.17) is 4.74 Å². The molecule has 2 aliphatic heterocycles. The number of hydrogen-bond acceptors (Lipinski definition) is 3. The number of fused-ring (bicyclic) bond motifs is 1. The van der Waals surface area contributed by atoms with E-state index in [1.807, 2.05) is 6.07 Å². The molecule has 1 atom stereocenters. The van der Waals surface area contributed by atoms with Crippen molar-refractivity contribution in [2.45, 2.75) is 31.7 Å². The van der Waals surface area contributed by atoms with E-state index in [2.05, 4.69) is 27.3 Å². The van der Waals surface area contributed by atoms with E-state index in [9.17, 15) is 4.79 Å². The van der Waals surface area contributed by atoms with Crippen molar-refractivity contribution in [2.24, 2.45) is 0 Å². The third-order valence-corrected chi connectivity index (χ3v) is 4.10. The Morgan fingerprint density at radius 3 is 3.17 bits per heavy atom. The van der Waals surface area contributed by atoms with Gasteiger partial charge in [0, 0.05) is 22.9 Å². The fraction of sp³-hybridized carbons (Fsp3) is 0.500. The van der Waals surface area contributed by atoms with Crippen molar-refractivity contribution < 1.29 is 9.53 Å². The second kappa shape index (κ2) is 5.02. The number of carbonyl (C=O) groups is 1. The van der Waals surface area contributed by atoms with Crippen LogP contribution in [0.25, 0.3) is 0 Å². The summed E-state index contributed by atoms with van der Waals surface area (Å²) in [6, 6.07) is 4.14. The Balaban J connectivity index is 1.82. The Morgan fingerprint density at radius 1 is 1.50 bits per heavy atom. The van der Waals surface area contributed by atoms with Gasteiger partial charge < -0.3 is 10.1 Å². The van der Waals surface area contributed by atoms with Gasteiger partial charge in [-0.3, -0.25) is 4.79 Å². The van der Waals surface area contributed by atoms with Gasteiger partial charge in [-0.15, -0.1) is 0 Å². The molecule has 0 aliphatic carbocycles. The van der Waals surface area contributed by atoms with Crippen molar-refractivity contribution in [1.29, 1.82) is 0 Å². The molecule has 1 aromatic rings. The first-order valence-corrected chi connectivity index (χ1v) is 7.23. The van der Waals surface area contributed by atoms with Gasteiger partial charge >= 0.3 is 0 Å². The van der Waals surface area contributed by atoms with Gasteiger partial charge in [-0.05, 0) is 37.1 Å².